The van der Waals surface area contributed by atoms with E-state index in [0.717, 1.165) is 12.8 Å². The molecule has 104 valence electrons. The van der Waals surface area contributed by atoms with Crippen molar-refractivity contribution in [1.82, 2.24) is 5.32 Å². The first kappa shape index (κ1) is 14.4. The Morgan fingerprint density at radius 2 is 2.00 bits per heavy atom. The maximum Gasteiger partial charge on any atom is 0.233 e. The third kappa shape index (κ3) is 4.00. The molecule has 1 aliphatic carbocycles. The molecule has 19 heavy (non-hydrogen) atoms. The minimum atomic E-state index is -0.0268. The number of rotatable bonds is 4. The molecule has 3 heteroatoms. The Bertz CT molecular complexity index is 452. The SMILES string of the molecule is Cc1ccc(C)c(S[C@@H](C)C(=O)NC2CCCC2)c1. The number of aryl methyl sites for hydroxylation is 2. The fraction of sp³-hybridized carbons (Fsp3) is 0.562. The Morgan fingerprint density at radius 3 is 2.68 bits per heavy atom. The highest BCUT2D eigenvalue weighted by Gasteiger charge is 2.21. The largest absolute Gasteiger partial charge is 0.352 e. The van der Waals surface area contributed by atoms with Gasteiger partial charge in [-0.1, -0.05) is 30.5 Å². The number of nitrogens with one attached hydrogen (secondary N) is 1. The van der Waals surface area contributed by atoms with Gasteiger partial charge in [-0.2, -0.15) is 0 Å². The predicted octanol–water partition coefficient (Wildman–Crippen LogP) is 3.84. The number of carbonyl (C=O) groups excluding carboxylic acids is 1. The highest BCUT2D eigenvalue weighted by Crippen LogP contribution is 2.28. The topological polar surface area (TPSA) is 29.1 Å². The smallest absolute Gasteiger partial charge is 0.233 e. The molecule has 0 saturated heterocycles. The van der Waals surface area contributed by atoms with Crippen molar-refractivity contribution in [2.75, 3.05) is 0 Å². The molecule has 1 aromatic carbocycles. The normalized spacial score (nSPS) is 17.4. The molecule has 0 radical (unpaired) electrons. The van der Waals surface area contributed by atoms with Gasteiger partial charge < -0.3 is 5.32 Å². The summed E-state index contributed by atoms with van der Waals surface area (Å²) in [6, 6.07) is 6.82. The van der Waals surface area contributed by atoms with E-state index in [1.807, 2.05) is 6.92 Å². The van der Waals surface area contributed by atoms with Crippen molar-refractivity contribution >= 4 is 17.7 Å². The molecule has 1 saturated carbocycles. The van der Waals surface area contributed by atoms with Crippen LogP contribution < -0.4 is 5.32 Å². The molecule has 0 aromatic heterocycles. The van der Waals surface area contributed by atoms with Crippen LogP contribution in [0.2, 0.25) is 0 Å². The monoisotopic (exact) mass is 277 g/mol. The van der Waals surface area contributed by atoms with Gasteiger partial charge in [-0.05, 0) is 45.2 Å². The lowest BCUT2D eigenvalue weighted by Crippen LogP contribution is -2.37. The molecular formula is C16H23NOS. The average molecular weight is 277 g/mol. The summed E-state index contributed by atoms with van der Waals surface area (Å²) in [4.78, 5) is 13.4. The van der Waals surface area contributed by atoms with Crippen molar-refractivity contribution in [2.24, 2.45) is 0 Å². The maximum absolute atomic E-state index is 12.2. The summed E-state index contributed by atoms with van der Waals surface area (Å²) >= 11 is 1.66. The lowest BCUT2D eigenvalue weighted by molar-refractivity contribution is -0.120. The summed E-state index contributed by atoms with van der Waals surface area (Å²) in [5.74, 6) is 0.179. The van der Waals surface area contributed by atoms with Crippen LogP contribution in [0.25, 0.3) is 0 Å². The number of amides is 1. The second-order valence-electron chi connectivity index (χ2n) is 5.52. The fourth-order valence-electron chi connectivity index (χ4n) is 2.47. The van der Waals surface area contributed by atoms with Gasteiger partial charge in [-0.15, -0.1) is 11.8 Å². The Hall–Kier alpha value is -0.960. The Labute approximate surface area is 120 Å². The maximum atomic E-state index is 12.2. The van der Waals surface area contributed by atoms with Gasteiger partial charge in [-0.3, -0.25) is 4.79 Å². The summed E-state index contributed by atoms with van der Waals surface area (Å²) < 4.78 is 0. The van der Waals surface area contributed by atoms with Crippen molar-refractivity contribution in [3.63, 3.8) is 0 Å². The highest BCUT2D eigenvalue weighted by molar-refractivity contribution is 8.00. The van der Waals surface area contributed by atoms with Gasteiger partial charge in [0.2, 0.25) is 5.91 Å². The zero-order valence-corrected chi connectivity index (χ0v) is 12.8. The molecule has 1 amide bonds. The standard InChI is InChI=1S/C16H23NOS/c1-11-8-9-12(2)15(10-11)19-13(3)16(18)17-14-6-4-5-7-14/h8-10,13-14H,4-7H2,1-3H3,(H,17,18)/t13-/m0/s1. The van der Waals surface area contributed by atoms with E-state index < -0.39 is 0 Å². The van der Waals surface area contributed by atoms with Crippen LogP contribution in [0.1, 0.15) is 43.7 Å². The highest BCUT2D eigenvalue weighted by atomic mass is 32.2. The van der Waals surface area contributed by atoms with E-state index in [1.165, 1.54) is 28.9 Å². The first-order valence-corrected chi connectivity index (χ1v) is 7.98. The van der Waals surface area contributed by atoms with Gasteiger partial charge in [-0.25, -0.2) is 0 Å². The lowest BCUT2D eigenvalue weighted by Gasteiger charge is -2.17. The van der Waals surface area contributed by atoms with Crippen molar-refractivity contribution in [3.8, 4) is 0 Å². The molecule has 0 bridgehead atoms. The lowest BCUT2D eigenvalue weighted by atomic mass is 10.2. The number of hydrogen-bond donors (Lipinski definition) is 1. The van der Waals surface area contributed by atoms with Crippen LogP contribution in [-0.4, -0.2) is 17.2 Å². The van der Waals surface area contributed by atoms with E-state index in [1.54, 1.807) is 11.8 Å². The molecule has 1 aliphatic rings. The first-order valence-electron chi connectivity index (χ1n) is 7.10. The summed E-state index contributed by atoms with van der Waals surface area (Å²) in [6.45, 7) is 6.19. The van der Waals surface area contributed by atoms with Crippen molar-refractivity contribution in [3.05, 3.63) is 29.3 Å². The molecule has 1 atom stereocenters. The fourth-order valence-corrected chi connectivity index (χ4v) is 3.53. The Kier molecular flexibility index (Phi) is 4.92. The van der Waals surface area contributed by atoms with Crippen LogP contribution >= 0.6 is 11.8 Å². The van der Waals surface area contributed by atoms with Gasteiger partial charge in [0.1, 0.15) is 0 Å². The predicted molar refractivity (Wildman–Crippen MR) is 81.6 cm³/mol. The van der Waals surface area contributed by atoms with Gasteiger partial charge in [0.15, 0.2) is 0 Å². The summed E-state index contributed by atoms with van der Waals surface area (Å²) in [7, 11) is 0. The van der Waals surface area contributed by atoms with E-state index in [9.17, 15) is 4.79 Å². The molecule has 0 heterocycles. The van der Waals surface area contributed by atoms with E-state index >= 15 is 0 Å². The van der Waals surface area contributed by atoms with E-state index in [0.29, 0.717) is 6.04 Å². The molecule has 1 aromatic rings. The van der Waals surface area contributed by atoms with E-state index in [2.05, 4.69) is 37.4 Å². The quantitative estimate of drug-likeness (QED) is 0.847. The molecule has 0 aliphatic heterocycles. The second kappa shape index (κ2) is 6.47. The van der Waals surface area contributed by atoms with Crippen LogP contribution in [0.15, 0.2) is 23.1 Å². The molecule has 2 nitrogen and oxygen atoms in total. The summed E-state index contributed by atoms with van der Waals surface area (Å²) in [6.07, 6.45) is 4.80. The van der Waals surface area contributed by atoms with Crippen LogP contribution in [0.5, 0.6) is 0 Å². The van der Waals surface area contributed by atoms with Crippen LogP contribution in [-0.2, 0) is 4.79 Å². The molecule has 2 rings (SSSR count). The van der Waals surface area contributed by atoms with Crippen molar-refractivity contribution < 1.29 is 4.79 Å². The van der Waals surface area contributed by atoms with Crippen LogP contribution in [0.3, 0.4) is 0 Å². The summed E-state index contributed by atoms with van der Waals surface area (Å²) in [5.41, 5.74) is 2.49. The van der Waals surface area contributed by atoms with Crippen molar-refractivity contribution in [2.45, 2.75) is 62.6 Å². The number of benzene rings is 1. The van der Waals surface area contributed by atoms with Gasteiger partial charge in [0.25, 0.3) is 0 Å². The van der Waals surface area contributed by atoms with Crippen molar-refractivity contribution in [1.29, 1.82) is 0 Å². The van der Waals surface area contributed by atoms with Gasteiger partial charge >= 0.3 is 0 Å². The Balaban J connectivity index is 1.93. The molecule has 0 spiro atoms. The molecule has 0 unspecified atom stereocenters. The third-order valence-electron chi connectivity index (χ3n) is 3.72. The second-order valence-corrected chi connectivity index (χ2v) is 6.90. The zero-order chi connectivity index (χ0) is 13.8. The van der Waals surface area contributed by atoms with Gasteiger partial charge in [0, 0.05) is 10.9 Å². The van der Waals surface area contributed by atoms with Crippen LogP contribution in [0.4, 0.5) is 0 Å². The van der Waals surface area contributed by atoms with E-state index in [4.69, 9.17) is 0 Å². The van der Waals surface area contributed by atoms with E-state index in [-0.39, 0.29) is 11.2 Å². The zero-order valence-electron chi connectivity index (χ0n) is 12.0. The number of carbonyl (C=O) groups is 1. The molecule has 1 N–H and O–H groups in total. The Morgan fingerprint density at radius 1 is 1.32 bits per heavy atom. The molecule has 1 fully saturated rings. The molecular weight excluding hydrogens is 254 g/mol. The summed E-state index contributed by atoms with van der Waals surface area (Å²) in [5, 5.41) is 3.15. The van der Waals surface area contributed by atoms with Gasteiger partial charge in [0.05, 0.1) is 5.25 Å². The number of hydrogen-bond acceptors (Lipinski definition) is 2. The first-order chi connectivity index (χ1) is 9.06. The number of thioether (sulfide) groups is 1. The minimum absolute atomic E-state index is 0.0268. The third-order valence-corrected chi connectivity index (χ3v) is 4.98. The van der Waals surface area contributed by atoms with Crippen LogP contribution in [0, 0.1) is 13.8 Å². The average Bonchev–Trinajstić information content (AvgIpc) is 2.86. The minimum Gasteiger partial charge on any atom is -0.352 e.